The number of carboxylic acids is 1. The number of alkyl halides is 8. The lowest BCUT2D eigenvalue weighted by Gasteiger charge is -2.71. The summed E-state index contributed by atoms with van der Waals surface area (Å²) in [6.45, 7) is 4.83. The number of pyridine rings is 2. The molecular weight excluding hydrogens is 1220 g/mol. The first-order valence-electron chi connectivity index (χ1n) is 25.3. The van der Waals surface area contributed by atoms with Gasteiger partial charge in [-0.1, -0.05) is 83.9 Å². The average molecular weight is 1270 g/mol. The van der Waals surface area contributed by atoms with Crippen LogP contribution in [-0.2, 0) is 60.5 Å². The first-order valence-corrected chi connectivity index (χ1v) is 27.1. The highest BCUT2D eigenvalue weighted by atomic mass is 35.5. The van der Waals surface area contributed by atoms with E-state index in [2.05, 4.69) is 14.8 Å². The Balaban J connectivity index is 0.000000216. The van der Waals surface area contributed by atoms with Gasteiger partial charge in [-0.2, -0.15) is 35.6 Å². The molecule has 6 aliphatic rings. The van der Waals surface area contributed by atoms with E-state index in [1.807, 2.05) is 18.2 Å². The van der Waals surface area contributed by atoms with Gasteiger partial charge in [0.1, 0.15) is 41.6 Å². The predicted molar refractivity (Wildman–Crippen MR) is 297 cm³/mol. The fraction of sp³-hybridized carbons (Fsp3) is 0.305. The molecule has 1 amide bonds. The van der Waals surface area contributed by atoms with Gasteiger partial charge in [-0.3, -0.25) is 19.4 Å². The maximum atomic E-state index is 14.6. The Morgan fingerprint density at radius 1 is 0.682 bits per heavy atom. The molecule has 85 heavy (non-hydrogen) atoms. The number of aromatic nitrogens is 2. The van der Waals surface area contributed by atoms with Crippen LogP contribution in [0.2, 0.25) is 10.0 Å². The fourth-order valence-electron chi connectivity index (χ4n) is 10.2. The van der Waals surface area contributed by atoms with Gasteiger partial charge in [0.05, 0.1) is 50.5 Å². The Morgan fingerprint density at radius 3 is 1.51 bits per heavy atom. The molecule has 12 rings (SSSR count). The zero-order valence-electron chi connectivity index (χ0n) is 44.3. The number of carboxylic acid groups (broad SMARTS) is 1. The van der Waals surface area contributed by atoms with Gasteiger partial charge in [0, 0.05) is 36.2 Å². The molecule has 2 aromatic heterocycles. The van der Waals surface area contributed by atoms with E-state index in [0.717, 1.165) is 42.7 Å². The summed E-state index contributed by atoms with van der Waals surface area (Å²) in [7, 11) is 0. The second-order valence-electron chi connectivity index (χ2n) is 20.3. The molecule has 4 bridgehead atoms. The Morgan fingerprint density at radius 2 is 1.12 bits per heavy atom. The van der Waals surface area contributed by atoms with E-state index >= 15 is 0 Å². The topological polar surface area (TPSA) is 201 Å². The molecule has 1 unspecified atom stereocenters. The minimum atomic E-state index is -4.55. The van der Waals surface area contributed by atoms with E-state index in [4.69, 9.17) is 73.3 Å². The highest BCUT2D eigenvalue weighted by Gasteiger charge is 2.75. The summed E-state index contributed by atoms with van der Waals surface area (Å²) in [5.74, 6) is -5.28. The second kappa shape index (κ2) is 28.1. The van der Waals surface area contributed by atoms with Crippen molar-refractivity contribution in [1.29, 1.82) is 0 Å². The lowest BCUT2D eigenvalue weighted by Crippen LogP contribution is -2.76. The van der Waals surface area contributed by atoms with Crippen molar-refractivity contribution in [2.45, 2.75) is 87.6 Å². The Kier molecular flexibility index (Phi) is 22.0. The first kappa shape index (κ1) is 66.6. The van der Waals surface area contributed by atoms with Crippen LogP contribution in [0.5, 0.6) is 0 Å². The minimum absolute atomic E-state index is 0.0445. The highest BCUT2D eigenvalue weighted by Crippen LogP contribution is 2.72. The summed E-state index contributed by atoms with van der Waals surface area (Å²) < 4.78 is 114. The predicted octanol–water partition coefficient (Wildman–Crippen LogP) is 13.3. The number of ketones is 1. The zero-order valence-corrected chi connectivity index (χ0v) is 47.4. The van der Waals surface area contributed by atoms with Gasteiger partial charge in [-0.05, 0) is 109 Å². The minimum Gasteiger partial charge on any atom is -0.480 e. The summed E-state index contributed by atoms with van der Waals surface area (Å²) in [4.78, 5) is 83.2. The van der Waals surface area contributed by atoms with Gasteiger partial charge in [0.25, 0.3) is 0 Å². The van der Waals surface area contributed by atoms with Crippen molar-refractivity contribution in [1.82, 2.24) is 14.9 Å². The van der Waals surface area contributed by atoms with E-state index in [1.54, 1.807) is 42.5 Å². The van der Waals surface area contributed by atoms with Crippen molar-refractivity contribution >= 4 is 88.1 Å². The molecule has 26 heteroatoms. The standard InChI is InChI=1S/C30H24Cl2F4N2O4.C13H12O3.C8H8F3N.C6H3ClFN2.C2H3ClO2/c31-12-25(40)38(14-18-6-8-20(9-7-18)30(34,35)36)26(24(39)11-23-22(33)10-21(32)13-37-23)28-15-29(16-28,17-28)42-27(41)19-4-2-1-3-5-19;14-9-12-6-13(7-12,8-12)16-11(15)10-4-2-1-3-5-10;9-8(10,11)7-3-1-6(5-12)2-4-7;1-9-6-5(8)2-4(7)3-10-6;3-1-2(4)5/h1-10,13,26H,11-12,14-17H2;1-5,9H,6-8H2;1-4H,5,12H2;1-3H;1H2,(H,4,5)/q;;;+1;. The number of aldehydes is 1. The normalized spacial score (nSPS) is 20.2. The van der Waals surface area contributed by atoms with Gasteiger partial charge < -0.3 is 30.0 Å². The molecule has 3 N–H and O–H groups in total. The lowest BCUT2D eigenvalue weighted by atomic mass is 9.38. The number of esters is 2. The van der Waals surface area contributed by atoms with E-state index in [-0.39, 0.29) is 76.8 Å². The summed E-state index contributed by atoms with van der Waals surface area (Å²) in [5, 5.41) is 7.86. The second-order valence-corrected chi connectivity index (χ2v) is 21.7. The number of nitrogens with two attached hydrogens (primary N) is 1. The Labute approximate surface area is 501 Å². The van der Waals surface area contributed by atoms with Gasteiger partial charge in [0.2, 0.25) is 11.7 Å². The molecule has 1 atom stereocenters. The van der Waals surface area contributed by atoms with Crippen LogP contribution >= 0.6 is 46.4 Å². The van der Waals surface area contributed by atoms with Crippen molar-refractivity contribution in [3.8, 4) is 6.57 Å². The van der Waals surface area contributed by atoms with Crippen LogP contribution in [0.3, 0.4) is 0 Å². The molecule has 448 valence electrons. The third-order valence-electron chi connectivity index (χ3n) is 14.0. The SMILES string of the molecule is C#[N+]c1ncc(Cl)cc1F.NCc1ccc(C(F)(F)F)cc1.O=C(O)CCl.O=C(OC12CC(C(C(=O)Cc3ncc(Cl)cc3F)N(Cc3ccc(C(F)(F)F)cc3)C(=O)CCl)(C1)C2)c1ccccc1.O=CC12CC(OC(=O)c3ccccc3)(C1)C2. The monoisotopic (exact) mass is 1260 g/mol. The van der Waals surface area contributed by atoms with Crippen molar-refractivity contribution < 1.29 is 78.5 Å². The van der Waals surface area contributed by atoms with E-state index in [1.165, 1.54) is 41.6 Å². The summed E-state index contributed by atoms with van der Waals surface area (Å²) in [5.41, 5.74) is 3.44. The molecule has 0 saturated heterocycles. The van der Waals surface area contributed by atoms with Gasteiger partial charge in [-0.15, -0.1) is 23.2 Å². The molecule has 6 saturated carbocycles. The third-order valence-corrected chi connectivity index (χ3v) is 14.8. The van der Waals surface area contributed by atoms with Crippen LogP contribution in [0.1, 0.15) is 87.2 Å². The van der Waals surface area contributed by atoms with E-state index in [0.29, 0.717) is 41.5 Å². The molecule has 0 spiro atoms. The highest BCUT2D eigenvalue weighted by molar-refractivity contribution is 6.30. The number of hydrogen-bond donors (Lipinski definition) is 2. The van der Waals surface area contributed by atoms with Crippen LogP contribution in [0, 0.1) is 29.0 Å². The maximum absolute atomic E-state index is 14.6. The third kappa shape index (κ3) is 17.1. The molecule has 14 nitrogen and oxygen atoms in total. The Bertz CT molecular complexity index is 3370. The number of carbonyl (C=O) groups is 6. The van der Waals surface area contributed by atoms with Crippen LogP contribution < -0.4 is 5.73 Å². The van der Waals surface area contributed by atoms with Crippen molar-refractivity contribution in [2.75, 3.05) is 11.8 Å². The van der Waals surface area contributed by atoms with Gasteiger partial charge in [0.15, 0.2) is 12.0 Å². The van der Waals surface area contributed by atoms with Crippen molar-refractivity contribution in [2.24, 2.45) is 16.6 Å². The number of aliphatic carboxylic acids is 1. The largest absolute Gasteiger partial charge is 0.480 e. The fourth-order valence-corrected chi connectivity index (χ4v) is 10.7. The molecule has 6 fully saturated rings. The number of ether oxygens (including phenoxy) is 2. The summed E-state index contributed by atoms with van der Waals surface area (Å²) >= 11 is 21.9. The molecule has 2 heterocycles. The lowest BCUT2D eigenvalue weighted by molar-refractivity contribution is -0.277. The summed E-state index contributed by atoms with van der Waals surface area (Å²) in [6, 6.07) is 27.4. The van der Waals surface area contributed by atoms with Crippen LogP contribution in [0.15, 0.2) is 134 Å². The van der Waals surface area contributed by atoms with Gasteiger partial charge >= 0.3 is 36.1 Å². The molecule has 6 aromatic rings. The van der Waals surface area contributed by atoms with E-state index < -0.39 is 88.1 Å². The number of rotatable bonds is 15. The molecule has 0 aliphatic heterocycles. The van der Waals surface area contributed by atoms with E-state index in [9.17, 15) is 63.9 Å². The first-order chi connectivity index (χ1) is 40.1. The quantitative estimate of drug-likeness (QED) is 0.0427. The van der Waals surface area contributed by atoms with Crippen LogP contribution in [0.4, 0.5) is 40.9 Å². The molecule has 4 aromatic carbocycles. The zero-order chi connectivity index (χ0) is 62.5. The van der Waals surface area contributed by atoms with Crippen molar-refractivity contribution in [3.05, 3.63) is 199 Å². The number of Topliss-reactive ketones (excluding diaryl/α,β-unsaturated/α-hetero) is 1. The van der Waals surface area contributed by atoms with Crippen LogP contribution in [-0.4, -0.2) is 84.9 Å². The number of halogens is 12. The Hall–Kier alpha value is -7.55. The smallest absolute Gasteiger partial charge is 0.461 e. The maximum Gasteiger partial charge on any atom is 0.461 e. The summed E-state index contributed by atoms with van der Waals surface area (Å²) in [6.07, 6.45) is -2.85. The number of amides is 1. The number of nitrogens with zero attached hydrogens (tertiary/aromatic N) is 4. The van der Waals surface area contributed by atoms with Gasteiger partial charge in [-0.25, -0.2) is 14.0 Å². The van der Waals surface area contributed by atoms with Crippen molar-refractivity contribution in [3.63, 3.8) is 0 Å². The molecule has 6 aliphatic carbocycles. The van der Waals surface area contributed by atoms with Crippen LogP contribution in [0.25, 0.3) is 4.85 Å². The molecule has 0 radical (unpaired) electrons. The average Bonchev–Trinajstić information content (AvgIpc) is 0.701. The number of carbonyl (C=O) groups excluding carboxylic acids is 5. The molecular formula is C59H50Cl4F8N5O9+. The number of hydrogen-bond acceptors (Lipinski definition) is 11. The number of benzene rings is 4.